The van der Waals surface area contributed by atoms with Gasteiger partial charge >= 0.3 is 0 Å². The fourth-order valence-electron chi connectivity index (χ4n) is 1.69. The first kappa shape index (κ1) is 8.38. The Morgan fingerprint density at radius 2 is 1.73 bits per heavy atom. The molecular formula is C10H16O. The van der Waals surface area contributed by atoms with Crippen LogP contribution in [0.5, 0.6) is 0 Å². The second kappa shape index (κ2) is 2.40. The van der Waals surface area contributed by atoms with Crippen molar-refractivity contribution in [3.63, 3.8) is 0 Å². The number of furan rings is 1. The van der Waals surface area contributed by atoms with Gasteiger partial charge in [-0.1, -0.05) is 20.8 Å². The lowest BCUT2D eigenvalue weighted by Gasteiger charge is -2.18. The van der Waals surface area contributed by atoms with E-state index in [-0.39, 0.29) is 5.41 Å². The molecule has 11 heavy (non-hydrogen) atoms. The lowest BCUT2D eigenvalue weighted by molar-refractivity contribution is 0.506. The van der Waals surface area contributed by atoms with Gasteiger partial charge in [-0.15, -0.1) is 0 Å². The maximum absolute atomic E-state index is 5.32. The summed E-state index contributed by atoms with van der Waals surface area (Å²) in [6, 6.07) is 0. The Morgan fingerprint density at radius 1 is 1.18 bits per heavy atom. The molecule has 0 aliphatic heterocycles. The molecule has 1 aromatic rings. The summed E-state index contributed by atoms with van der Waals surface area (Å²) >= 11 is 0. The van der Waals surface area contributed by atoms with Gasteiger partial charge in [-0.3, -0.25) is 0 Å². The molecule has 0 bridgehead atoms. The van der Waals surface area contributed by atoms with Crippen molar-refractivity contribution in [2.24, 2.45) is 0 Å². The second-order valence-corrected chi connectivity index (χ2v) is 4.10. The van der Waals surface area contributed by atoms with Gasteiger partial charge in [-0.2, -0.15) is 0 Å². The van der Waals surface area contributed by atoms with Gasteiger partial charge in [0.2, 0.25) is 0 Å². The van der Waals surface area contributed by atoms with Crippen molar-refractivity contribution >= 4 is 0 Å². The van der Waals surface area contributed by atoms with Crippen molar-refractivity contribution in [1.29, 1.82) is 0 Å². The van der Waals surface area contributed by atoms with E-state index in [1.54, 1.807) is 0 Å². The summed E-state index contributed by atoms with van der Waals surface area (Å²) < 4.78 is 5.32. The standard InChI is InChI=1S/C10H16O/c1-7-6-11-8(2)9(7)10(3,4)5/h6H,1-5H3. The highest BCUT2D eigenvalue weighted by Gasteiger charge is 2.20. The van der Waals surface area contributed by atoms with Crippen LogP contribution in [0.2, 0.25) is 0 Å². The maximum Gasteiger partial charge on any atom is 0.104 e. The highest BCUT2D eigenvalue weighted by molar-refractivity contribution is 5.32. The number of hydrogen-bond donors (Lipinski definition) is 0. The molecule has 0 saturated heterocycles. The average Bonchev–Trinajstić information content (AvgIpc) is 2.08. The second-order valence-electron chi connectivity index (χ2n) is 4.10. The van der Waals surface area contributed by atoms with Crippen molar-refractivity contribution in [1.82, 2.24) is 0 Å². The van der Waals surface area contributed by atoms with E-state index in [9.17, 15) is 0 Å². The third-order valence-corrected chi connectivity index (χ3v) is 1.91. The van der Waals surface area contributed by atoms with Gasteiger partial charge in [-0.25, -0.2) is 0 Å². The zero-order valence-electron chi connectivity index (χ0n) is 7.99. The molecule has 0 unspecified atom stereocenters. The zero-order valence-corrected chi connectivity index (χ0v) is 7.99. The summed E-state index contributed by atoms with van der Waals surface area (Å²) in [5.74, 6) is 1.05. The lowest BCUT2D eigenvalue weighted by atomic mass is 9.85. The van der Waals surface area contributed by atoms with Crippen molar-refractivity contribution in [2.45, 2.75) is 40.0 Å². The molecule has 1 heteroatoms. The van der Waals surface area contributed by atoms with Gasteiger partial charge in [0.1, 0.15) is 5.76 Å². The van der Waals surface area contributed by atoms with Crippen LogP contribution in [0.4, 0.5) is 0 Å². The molecule has 0 saturated carbocycles. The fourth-order valence-corrected chi connectivity index (χ4v) is 1.69. The molecule has 62 valence electrons. The normalized spacial score (nSPS) is 12.1. The van der Waals surface area contributed by atoms with Crippen LogP contribution in [0.3, 0.4) is 0 Å². The molecule has 0 spiro atoms. The topological polar surface area (TPSA) is 13.1 Å². The minimum absolute atomic E-state index is 0.209. The van der Waals surface area contributed by atoms with Crippen LogP contribution in [-0.2, 0) is 5.41 Å². The van der Waals surface area contributed by atoms with Crippen LogP contribution in [0.25, 0.3) is 0 Å². The molecule has 0 aliphatic carbocycles. The summed E-state index contributed by atoms with van der Waals surface area (Å²) in [6.07, 6.45) is 1.83. The molecule has 0 atom stereocenters. The fraction of sp³-hybridized carbons (Fsp3) is 0.600. The molecule has 0 N–H and O–H groups in total. The maximum atomic E-state index is 5.32. The van der Waals surface area contributed by atoms with E-state index in [4.69, 9.17) is 4.42 Å². The van der Waals surface area contributed by atoms with Crippen molar-refractivity contribution in [3.8, 4) is 0 Å². The van der Waals surface area contributed by atoms with E-state index in [0.717, 1.165) is 5.76 Å². The molecular weight excluding hydrogens is 136 g/mol. The Bertz CT molecular complexity index is 231. The number of rotatable bonds is 0. The first-order valence-corrected chi connectivity index (χ1v) is 3.98. The van der Waals surface area contributed by atoms with Gasteiger partial charge < -0.3 is 4.42 Å². The Balaban J connectivity index is 3.21. The summed E-state index contributed by atoms with van der Waals surface area (Å²) in [7, 11) is 0. The molecule has 0 aromatic carbocycles. The van der Waals surface area contributed by atoms with E-state index in [2.05, 4.69) is 27.7 Å². The predicted octanol–water partition coefficient (Wildman–Crippen LogP) is 3.19. The van der Waals surface area contributed by atoms with Crippen LogP contribution in [-0.4, -0.2) is 0 Å². The van der Waals surface area contributed by atoms with Gasteiger partial charge in [0.15, 0.2) is 0 Å². The minimum Gasteiger partial charge on any atom is -0.469 e. The van der Waals surface area contributed by atoms with E-state index in [1.165, 1.54) is 11.1 Å². The van der Waals surface area contributed by atoms with Crippen LogP contribution in [0.1, 0.15) is 37.7 Å². The Morgan fingerprint density at radius 3 is 1.91 bits per heavy atom. The van der Waals surface area contributed by atoms with Crippen LogP contribution in [0, 0.1) is 13.8 Å². The van der Waals surface area contributed by atoms with Crippen LogP contribution in [0.15, 0.2) is 10.7 Å². The van der Waals surface area contributed by atoms with Crippen molar-refractivity contribution in [3.05, 3.63) is 23.2 Å². The summed E-state index contributed by atoms with van der Waals surface area (Å²) in [6.45, 7) is 10.7. The quantitative estimate of drug-likeness (QED) is 0.556. The van der Waals surface area contributed by atoms with Crippen molar-refractivity contribution in [2.75, 3.05) is 0 Å². The molecule has 0 fully saturated rings. The Kier molecular flexibility index (Phi) is 1.83. The highest BCUT2D eigenvalue weighted by Crippen LogP contribution is 2.29. The van der Waals surface area contributed by atoms with Gasteiger partial charge in [0.25, 0.3) is 0 Å². The van der Waals surface area contributed by atoms with E-state index in [1.807, 2.05) is 13.2 Å². The molecule has 0 amide bonds. The number of aryl methyl sites for hydroxylation is 2. The first-order chi connectivity index (χ1) is 4.93. The third-order valence-electron chi connectivity index (χ3n) is 1.91. The SMILES string of the molecule is Cc1coc(C)c1C(C)(C)C. The molecule has 1 aromatic heterocycles. The minimum atomic E-state index is 0.209. The van der Waals surface area contributed by atoms with E-state index in [0.29, 0.717) is 0 Å². The lowest BCUT2D eigenvalue weighted by Crippen LogP contribution is -2.12. The molecule has 0 radical (unpaired) electrons. The van der Waals surface area contributed by atoms with Crippen LogP contribution >= 0.6 is 0 Å². The van der Waals surface area contributed by atoms with Gasteiger partial charge in [0.05, 0.1) is 6.26 Å². The third kappa shape index (κ3) is 1.47. The largest absolute Gasteiger partial charge is 0.469 e. The van der Waals surface area contributed by atoms with Gasteiger partial charge in [0, 0.05) is 5.56 Å². The smallest absolute Gasteiger partial charge is 0.104 e. The molecule has 1 rings (SSSR count). The summed E-state index contributed by atoms with van der Waals surface area (Å²) in [4.78, 5) is 0. The Labute approximate surface area is 68.4 Å². The highest BCUT2D eigenvalue weighted by atomic mass is 16.3. The monoisotopic (exact) mass is 152 g/mol. The molecule has 0 aliphatic rings. The Hall–Kier alpha value is -0.720. The van der Waals surface area contributed by atoms with Crippen LogP contribution < -0.4 is 0 Å². The van der Waals surface area contributed by atoms with E-state index < -0.39 is 0 Å². The molecule has 1 nitrogen and oxygen atoms in total. The van der Waals surface area contributed by atoms with E-state index >= 15 is 0 Å². The first-order valence-electron chi connectivity index (χ1n) is 3.98. The number of hydrogen-bond acceptors (Lipinski definition) is 1. The average molecular weight is 152 g/mol. The zero-order chi connectivity index (χ0) is 8.65. The summed E-state index contributed by atoms with van der Waals surface area (Å²) in [5.41, 5.74) is 2.81. The summed E-state index contributed by atoms with van der Waals surface area (Å²) in [5, 5.41) is 0. The predicted molar refractivity (Wildman–Crippen MR) is 46.9 cm³/mol. The molecule has 1 heterocycles. The van der Waals surface area contributed by atoms with Crippen molar-refractivity contribution < 1.29 is 4.42 Å². The van der Waals surface area contributed by atoms with Gasteiger partial charge in [-0.05, 0) is 24.8 Å².